The summed E-state index contributed by atoms with van der Waals surface area (Å²) in [7, 11) is 1.62. The summed E-state index contributed by atoms with van der Waals surface area (Å²) < 4.78 is 9.92. The topological polar surface area (TPSA) is 61.5 Å². The molecular formula is C14H21NO3. The van der Waals surface area contributed by atoms with Crippen LogP contribution in [-0.2, 0) is 20.7 Å². The zero-order valence-electron chi connectivity index (χ0n) is 10.8. The Morgan fingerprint density at radius 3 is 2.67 bits per heavy atom. The molecule has 0 fully saturated rings. The van der Waals surface area contributed by atoms with Gasteiger partial charge < -0.3 is 15.2 Å². The van der Waals surface area contributed by atoms with E-state index in [0.29, 0.717) is 26.1 Å². The number of hydrogen-bond acceptors (Lipinski definition) is 4. The predicted octanol–water partition coefficient (Wildman–Crippen LogP) is 1.53. The van der Waals surface area contributed by atoms with E-state index >= 15 is 0 Å². The number of carbonyl (C=O) groups is 1. The molecule has 0 heterocycles. The zero-order valence-corrected chi connectivity index (χ0v) is 10.8. The van der Waals surface area contributed by atoms with E-state index in [2.05, 4.69) is 0 Å². The van der Waals surface area contributed by atoms with Gasteiger partial charge in [0.25, 0.3) is 0 Å². The van der Waals surface area contributed by atoms with Crippen LogP contribution in [0.4, 0.5) is 0 Å². The number of hydrogen-bond donors (Lipinski definition) is 1. The minimum atomic E-state index is -0.548. The number of ether oxygens (including phenoxy) is 2. The van der Waals surface area contributed by atoms with Gasteiger partial charge in [-0.1, -0.05) is 30.3 Å². The standard InChI is InChI=1S/C14H21NO3/c1-17-10-5-11-18-14(16)13(15)9-8-12-6-3-2-4-7-12/h2-4,6-7,13H,5,8-11,15H2,1H3/t13-/m0/s1. The number of benzene rings is 1. The van der Waals surface area contributed by atoms with Gasteiger partial charge in [0.1, 0.15) is 6.04 Å². The van der Waals surface area contributed by atoms with Crippen LogP contribution in [-0.4, -0.2) is 32.3 Å². The normalized spacial score (nSPS) is 12.1. The molecule has 100 valence electrons. The van der Waals surface area contributed by atoms with Gasteiger partial charge in [-0.05, 0) is 18.4 Å². The molecule has 0 aliphatic carbocycles. The van der Waals surface area contributed by atoms with Crippen LogP contribution in [0.2, 0.25) is 0 Å². The minimum Gasteiger partial charge on any atom is -0.464 e. The number of methoxy groups -OCH3 is 1. The van der Waals surface area contributed by atoms with Crippen molar-refractivity contribution in [2.24, 2.45) is 5.73 Å². The highest BCUT2D eigenvalue weighted by molar-refractivity contribution is 5.75. The lowest BCUT2D eigenvalue weighted by Gasteiger charge is -2.11. The molecule has 0 bridgehead atoms. The van der Waals surface area contributed by atoms with Crippen LogP contribution < -0.4 is 5.73 Å². The van der Waals surface area contributed by atoms with Gasteiger partial charge in [0.05, 0.1) is 6.61 Å². The summed E-state index contributed by atoms with van der Waals surface area (Å²) in [5.41, 5.74) is 6.95. The highest BCUT2D eigenvalue weighted by Crippen LogP contribution is 2.05. The van der Waals surface area contributed by atoms with Crippen molar-refractivity contribution in [3.63, 3.8) is 0 Å². The predicted molar refractivity (Wildman–Crippen MR) is 70.2 cm³/mol. The fourth-order valence-corrected chi connectivity index (χ4v) is 1.57. The molecule has 0 spiro atoms. The average molecular weight is 251 g/mol. The zero-order chi connectivity index (χ0) is 13.2. The third-order valence-corrected chi connectivity index (χ3v) is 2.63. The molecule has 0 saturated carbocycles. The van der Waals surface area contributed by atoms with E-state index in [-0.39, 0.29) is 5.97 Å². The highest BCUT2D eigenvalue weighted by atomic mass is 16.5. The van der Waals surface area contributed by atoms with Crippen molar-refractivity contribution in [2.45, 2.75) is 25.3 Å². The largest absolute Gasteiger partial charge is 0.464 e. The summed E-state index contributed by atoms with van der Waals surface area (Å²) in [4.78, 5) is 11.5. The Balaban J connectivity index is 2.19. The fourth-order valence-electron chi connectivity index (χ4n) is 1.57. The van der Waals surface area contributed by atoms with E-state index in [1.54, 1.807) is 7.11 Å². The van der Waals surface area contributed by atoms with Crippen LogP contribution >= 0.6 is 0 Å². The molecule has 4 nitrogen and oxygen atoms in total. The fraction of sp³-hybridized carbons (Fsp3) is 0.500. The molecule has 18 heavy (non-hydrogen) atoms. The van der Waals surface area contributed by atoms with Crippen LogP contribution in [0.25, 0.3) is 0 Å². The molecule has 0 unspecified atom stereocenters. The van der Waals surface area contributed by atoms with Crippen LogP contribution in [0, 0.1) is 0 Å². The molecule has 0 radical (unpaired) electrons. The van der Waals surface area contributed by atoms with Crippen LogP contribution in [0.15, 0.2) is 30.3 Å². The number of nitrogens with two attached hydrogens (primary N) is 1. The quantitative estimate of drug-likeness (QED) is 0.562. The molecule has 1 atom stereocenters. The van der Waals surface area contributed by atoms with Gasteiger partial charge in [-0.2, -0.15) is 0 Å². The van der Waals surface area contributed by atoms with E-state index in [4.69, 9.17) is 15.2 Å². The van der Waals surface area contributed by atoms with Crippen LogP contribution in [0.5, 0.6) is 0 Å². The van der Waals surface area contributed by atoms with Crippen molar-refractivity contribution in [2.75, 3.05) is 20.3 Å². The molecule has 0 saturated heterocycles. The minimum absolute atomic E-state index is 0.331. The second-order valence-corrected chi connectivity index (χ2v) is 4.14. The summed E-state index contributed by atoms with van der Waals surface area (Å²) >= 11 is 0. The average Bonchev–Trinajstić information content (AvgIpc) is 2.42. The SMILES string of the molecule is COCCCOC(=O)[C@@H](N)CCc1ccccc1. The van der Waals surface area contributed by atoms with Gasteiger partial charge in [-0.25, -0.2) is 0 Å². The summed E-state index contributed by atoms with van der Waals surface area (Å²) in [5.74, 6) is -0.331. The maximum atomic E-state index is 11.5. The maximum absolute atomic E-state index is 11.5. The summed E-state index contributed by atoms with van der Waals surface area (Å²) in [5, 5.41) is 0. The number of carbonyl (C=O) groups excluding carboxylic acids is 1. The first-order valence-electron chi connectivity index (χ1n) is 6.19. The van der Waals surface area contributed by atoms with Crippen LogP contribution in [0.1, 0.15) is 18.4 Å². The van der Waals surface area contributed by atoms with Crippen molar-refractivity contribution in [1.82, 2.24) is 0 Å². The van der Waals surface area contributed by atoms with Gasteiger partial charge in [0, 0.05) is 20.1 Å². The third-order valence-electron chi connectivity index (χ3n) is 2.63. The molecular weight excluding hydrogens is 230 g/mol. The van der Waals surface area contributed by atoms with Gasteiger partial charge in [-0.3, -0.25) is 4.79 Å². The molecule has 4 heteroatoms. The monoisotopic (exact) mass is 251 g/mol. The lowest BCUT2D eigenvalue weighted by atomic mass is 10.1. The van der Waals surface area contributed by atoms with Crippen molar-refractivity contribution >= 4 is 5.97 Å². The van der Waals surface area contributed by atoms with E-state index in [1.807, 2.05) is 30.3 Å². The lowest BCUT2D eigenvalue weighted by molar-refractivity contribution is -0.145. The number of rotatable bonds is 8. The maximum Gasteiger partial charge on any atom is 0.322 e. The van der Waals surface area contributed by atoms with E-state index < -0.39 is 6.04 Å². The Kier molecular flexibility index (Phi) is 7.06. The summed E-state index contributed by atoms with van der Waals surface area (Å²) in [6.45, 7) is 0.957. The van der Waals surface area contributed by atoms with E-state index in [9.17, 15) is 4.79 Å². The first-order chi connectivity index (χ1) is 8.74. The Bertz CT molecular complexity index is 340. The molecule has 0 amide bonds. The smallest absolute Gasteiger partial charge is 0.322 e. The Hall–Kier alpha value is -1.39. The van der Waals surface area contributed by atoms with E-state index in [0.717, 1.165) is 6.42 Å². The lowest BCUT2D eigenvalue weighted by Crippen LogP contribution is -2.33. The molecule has 0 aliphatic rings. The first kappa shape index (κ1) is 14.7. The second-order valence-electron chi connectivity index (χ2n) is 4.14. The van der Waals surface area contributed by atoms with Crippen molar-refractivity contribution < 1.29 is 14.3 Å². The van der Waals surface area contributed by atoms with Gasteiger partial charge >= 0.3 is 5.97 Å². The number of esters is 1. The Morgan fingerprint density at radius 2 is 2.00 bits per heavy atom. The highest BCUT2D eigenvalue weighted by Gasteiger charge is 2.14. The van der Waals surface area contributed by atoms with Crippen molar-refractivity contribution in [3.8, 4) is 0 Å². The summed E-state index contributed by atoms with van der Waals surface area (Å²) in [6, 6.07) is 9.42. The molecule has 2 N–H and O–H groups in total. The van der Waals surface area contributed by atoms with E-state index in [1.165, 1.54) is 5.56 Å². The van der Waals surface area contributed by atoms with Crippen molar-refractivity contribution in [3.05, 3.63) is 35.9 Å². The third kappa shape index (κ3) is 5.80. The Morgan fingerprint density at radius 1 is 1.28 bits per heavy atom. The summed E-state index contributed by atoms with van der Waals surface area (Å²) in [6.07, 6.45) is 2.09. The van der Waals surface area contributed by atoms with Gasteiger partial charge in [0.2, 0.25) is 0 Å². The molecule has 1 aromatic rings. The molecule has 0 aliphatic heterocycles. The van der Waals surface area contributed by atoms with Crippen molar-refractivity contribution in [1.29, 1.82) is 0 Å². The molecule has 0 aromatic heterocycles. The molecule has 1 aromatic carbocycles. The Labute approximate surface area is 108 Å². The van der Waals surface area contributed by atoms with Gasteiger partial charge in [-0.15, -0.1) is 0 Å². The molecule has 1 rings (SSSR count). The van der Waals surface area contributed by atoms with Crippen LogP contribution in [0.3, 0.4) is 0 Å². The van der Waals surface area contributed by atoms with Gasteiger partial charge in [0.15, 0.2) is 0 Å². The number of aryl methyl sites for hydroxylation is 1. The first-order valence-corrected chi connectivity index (χ1v) is 6.19. The second kappa shape index (κ2) is 8.66.